The lowest BCUT2D eigenvalue weighted by Crippen LogP contribution is -2.15. The van der Waals surface area contributed by atoms with Gasteiger partial charge < -0.3 is 5.32 Å². The molecule has 0 spiro atoms. The highest BCUT2D eigenvalue weighted by Crippen LogP contribution is 2.23. The molecule has 108 valence electrons. The number of para-hydroxylation sites is 1. The van der Waals surface area contributed by atoms with Crippen LogP contribution in [0.15, 0.2) is 36.4 Å². The van der Waals surface area contributed by atoms with E-state index in [1.807, 2.05) is 24.3 Å². The van der Waals surface area contributed by atoms with Gasteiger partial charge in [-0.1, -0.05) is 37.3 Å². The Morgan fingerprint density at radius 3 is 2.76 bits per heavy atom. The number of tetrazole rings is 1. The van der Waals surface area contributed by atoms with Gasteiger partial charge >= 0.3 is 0 Å². The molecule has 3 rings (SSSR count). The van der Waals surface area contributed by atoms with Crippen LogP contribution in [0.1, 0.15) is 32.1 Å². The quantitative estimate of drug-likeness (QED) is 0.752. The number of benzene rings is 1. The second-order valence-electron chi connectivity index (χ2n) is 5.49. The number of hydrogen-bond donors (Lipinski definition) is 2. The average Bonchev–Trinajstić information content (AvgIpc) is 3.00. The molecule has 2 N–H and O–H groups in total. The van der Waals surface area contributed by atoms with Crippen LogP contribution in [0.5, 0.6) is 0 Å². The molecule has 1 unspecified atom stereocenters. The third-order valence-electron chi connectivity index (χ3n) is 3.30. The van der Waals surface area contributed by atoms with E-state index in [9.17, 15) is 0 Å². The molecule has 1 aromatic carbocycles. The number of aromatic amines is 1. The van der Waals surface area contributed by atoms with E-state index in [0.29, 0.717) is 11.7 Å². The van der Waals surface area contributed by atoms with E-state index in [0.717, 1.165) is 23.1 Å². The highest BCUT2D eigenvalue weighted by molar-refractivity contribution is 5.80. The molecule has 6 heteroatoms. The Hall–Kier alpha value is -2.50. The molecule has 0 aliphatic heterocycles. The van der Waals surface area contributed by atoms with Gasteiger partial charge in [0, 0.05) is 5.39 Å². The fourth-order valence-electron chi connectivity index (χ4n) is 2.34. The van der Waals surface area contributed by atoms with Crippen LogP contribution >= 0.6 is 0 Å². The van der Waals surface area contributed by atoms with E-state index in [-0.39, 0.29) is 6.04 Å². The average molecular weight is 282 g/mol. The molecule has 2 aromatic heterocycles. The molecule has 0 amide bonds. The van der Waals surface area contributed by atoms with Crippen LogP contribution in [-0.4, -0.2) is 25.6 Å². The third kappa shape index (κ3) is 3.16. The molecule has 3 aromatic rings. The normalized spacial score (nSPS) is 12.7. The molecule has 2 heterocycles. The minimum Gasteiger partial charge on any atom is -0.360 e. The molecule has 6 nitrogen and oxygen atoms in total. The van der Waals surface area contributed by atoms with Crippen LogP contribution in [0.2, 0.25) is 0 Å². The standard InChI is InChI=1S/C15H18N6/c1-10(2)9-13(15-18-20-21-19-15)17-14-8-7-11-5-3-4-6-12(11)16-14/h3-8,10,13H,9H2,1-2H3,(H,16,17)(H,18,19,20,21). The lowest BCUT2D eigenvalue weighted by atomic mass is 10.0. The van der Waals surface area contributed by atoms with E-state index in [4.69, 9.17) is 0 Å². The smallest absolute Gasteiger partial charge is 0.196 e. The summed E-state index contributed by atoms with van der Waals surface area (Å²) in [6.45, 7) is 4.34. The Bertz CT molecular complexity index is 707. The van der Waals surface area contributed by atoms with Gasteiger partial charge in [0.25, 0.3) is 0 Å². The fraction of sp³-hybridized carbons (Fsp3) is 0.333. The summed E-state index contributed by atoms with van der Waals surface area (Å²) in [6, 6.07) is 12.1. The largest absolute Gasteiger partial charge is 0.360 e. The fourth-order valence-corrected chi connectivity index (χ4v) is 2.34. The minimum absolute atomic E-state index is 0.00240. The van der Waals surface area contributed by atoms with Gasteiger partial charge in [-0.15, -0.1) is 10.2 Å². The first kappa shape index (κ1) is 13.5. The van der Waals surface area contributed by atoms with Gasteiger partial charge in [-0.2, -0.15) is 5.21 Å². The summed E-state index contributed by atoms with van der Waals surface area (Å²) < 4.78 is 0. The van der Waals surface area contributed by atoms with Crippen LogP contribution < -0.4 is 5.32 Å². The van der Waals surface area contributed by atoms with Crippen molar-refractivity contribution in [1.82, 2.24) is 25.6 Å². The number of nitrogens with zero attached hydrogens (tertiary/aromatic N) is 4. The van der Waals surface area contributed by atoms with Crippen LogP contribution in [0.3, 0.4) is 0 Å². The van der Waals surface area contributed by atoms with Gasteiger partial charge in [-0.3, -0.25) is 0 Å². The van der Waals surface area contributed by atoms with Crippen LogP contribution in [0.4, 0.5) is 5.82 Å². The predicted molar refractivity (Wildman–Crippen MR) is 81.7 cm³/mol. The van der Waals surface area contributed by atoms with E-state index in [1.165, 1.54) is 0 Å². The van der Waals surface area contributed by atoms with Crippen molar-refractivity contribution in [3.8, 4) is 0 Å². The zero-order valence-corrected chi connectivity index (χ0v) is 12.1. The van der Waals surface area contributed by atoms with E-state index in [1.54, 1.807) is 0 Å². The number of anilines is 1. The minimum atomic E-state index is -0.00240. The molecule has 21 heavy (non-hydrogen) atoms. The lowest BCUT2D eigenvalue weighted by molar-refractivity contribution is 0.514. The van der Waals surface area contributed by atoms with E-state index in [2.05, 4.69) is 56.9 Å². The summed E-state index contributed by atoms with van der Waals surface area (Å²) in [4.78, 5) is 4.63. The summed E-state index contributed by atoms with van der Waals surface area (Å²) in [6.07, 6.45) is 0.911. The summed E-state index contributed by atoms with van der Waals surface area (Å²) in [5.41, 5.74) is 0.971. The molecule has 0 fully saturated rings. The number of H-pyrrole nitrogens is 1. The van der Waals surface area contributed by atoms with Crippen LogP contribution in [0, 0.1) is 5.92 Å². The summed E-state index contributed by atoms with van der Waals surface area (Å²) in [5.74, 6) is 2.00. The van der Waals surface area contributed by atoms with Crippen molar-refractivity contribution < 1.29 is 0 Å². The number of pyridine rings is 1. The Balaban J connectivity index is 1.86. The van der Waals surface area contributed by atoms with E-state index >= 15 is 0 Å². The first-order chi connectivity index (χ1) is 10.2. The van der Waals surface area contributed by atoms with Crippen molar-refractivity contribution in [1.29, 1.82) is 0 Å². The molecule has 0 aliphatic rings. The third-order valence-corrected chi connectivity index (χ3v) is 3.30. The SMILES string of the molecule is CC(C)CC(Nc1ccc2ccccc2n1)c1nn[nH]n1. The molecule has 0 saturated heterocycles. The second-order valence-corrected chi connectivity index (χ2v) is 5.49. The summed E-state index contributed by atoms with van der Waals surface area (Å²) in [5, 5.41) is 18.9. The van der Waals surface area contributed by atoms with Crippen molar-refractivity contribution >= 4 is 16.7 Å². The zero-order chi connectivity index (χ0) is 14.7. The van der Waals surface area contributed by atoms with Gasteiger partial charge in [-0.05, 0) is 30.5 Å². The van der Waals surface area contributed by atoms with Gasteiger partial charge in [0.2, 0.25) is 0 Å². The topological polar surface area (TPSA) is 79.4 Å². The molecule has 0 aliphatic carbocycles. The maximum Gasteiger partial charge on any atom is 0.196 e. The van der Waals surface area contributed by atoms with Crippen LogP contribution in [0.25, 0.3) is 10.9 Å². The van der Waals surface area contributed by atoms with Crippen molar-refractivity contribution in [2.24, 2.45) is 5.92 Å². The number of aromatic nitrogens is 5. The predicted octanol–water partition coefficient (Wildman–Crippen LogP) is 2.95. The van der Waals surface area contributed by atoms with Gasteiger partial charge in [0.05, 0.1) is 11.6 Å². The van der Waals surface area contributed by atoms with E-state index < -0.39 is 0 Å². The Kier molecular flexibility index (Phi) is 3.77. The van der Waals surface area contributed by atoms with Crippen molar-refractivity contribution in [2.75, 3.05) is 5.32 Å². The Morgan fingerprint density at radius 1 is 1.14 bits per heavy atom. The number of nitrogens with one attached hydrogen (secondary N) is 2. The lowest BCUT2D eigenvalue weighted by Gasteiger charge is -2.18. The number of hydrogen-bond acceptors (Lipinski definition) is 5. The first-order valence-electron chi connectivity index (χ1n) is 7.08. The Morgan fingerprint density at radius 2 is 2.00 bits per heavy atom. The molecule has 1 atom stereocenters. The maximum absolute atomic E-state index is 4.63. The van der Waals surface area contributed by atoms with Gasteiger partial charge in [0.1, 0.15) is 5.82 Å². The van der Waals surface area contributed by atoms with Gasteiger partial charge in [0.15, 0.2) is 5.82 Å². The summed E-state index contributed by atoms with van der Waals surface area (Å²) in [7, 11) is 0. The van der Waals surface area contributed by atoms with Crippen molar-refractivity contribution in [3.63, 3.8) is 0 Å². The monoisotopic (exact) mass is 282 g/mol. The molecule has 0 radical (unpaired) electrons. The molecule has 0 bridgehead atoms. The molecular weight excluding hydrogens is 264 g/mol. The highest BCUT2D eigenvalue weighted by Gasteiger charge is 2.18. The Labute approximate surface area is 123 Å². The number of rotatable bonds is 5. The second kappa shape index (κ2) is 5.87. The van der Waals surface area contributed by atoms with Crippen LogP contribution in [-0.2, 0) is 0 Å². The maximum atomic E-state index is 4.63. The van der Waals surface area contributed by atoms with Gasteiger partial charge in [-0.25, -0.2) is 4.98 Å². The highest BCUT2D eigenvalue weighted by atomic mass is 15.5. The number of fused-ring (bicyclic) bond motifs is 1. The zero-order valence-electron chi connectivity index (χ0n) is 12.1. The van der Waals surface area contributed by atoms with Crippen molar-refractivity contribution in [3.05, 3.63) is 42.2 Å². The molecule has 0 saturated carbocycles. The van der Waals surface area contributed by atoms with Crippen molar-refractivity contribution in [2.45, 2.75) is 26.3 Å². The molecular formula is C15H18N6. The first-order valence-corrected chi connectivity index (χ1v) is 7.08. The summed E-state index contributed by atoms with van der Waals surface area (Å²) >= 11 is 0.